The minimum atomic E-state index is -0.150. The van der Waals surface area contributed by atoms with Crippen LogP contribution < -0.4 is 0 Å². The second kappa shape index (κ2) is 5.06. The van der Waals surface area contributed by atoms with Crippen LogP contribution in [0.5, 0.6) is 0 Å². The molecular formula is C18H20N2OS. The first-order valence-electron chi connectivity index (χ1n) is 7.36. The quantitative estimate of drug-likeness (QED) is 0.638. The Hall–Kier alpha value is -1.94. The number of nitrogens with zero attached hydrogens (tertiary/aromatic N) is 2. The molecule has 3 rings (SSSR count). The molecule has 0 bridgehead atoms. The molecule has 0 aliphatic rings. The Morgan fingerprint density at radius 3 is 2.50 bits per heavy atom. The Morgan fingerprint density at radius 2 is 1.91 bits per heavy atom. The second-order valence-electron chi connectivity index (χ2n) is 6.75. The summed E-state index contributed by atoms with van der Waals surface area (Å²) in [6.45, 7) is 10.5. The zero-order valence-corrected chi connectivity index (χ0v) is 14.4. The number of aromatic nitrogens is 2. The van der Waals surface area contributed by atoms with Gasteiger partial charge in [0.05, 0.1) is 11.4 Å². The third-order valence-corrected chi connectivity index (χ3v) is 4.85. The standard InChI is InChI=1S/C18H20N2OS/c1-11-6-7-13(8-12(11)2)15-10-22-17-19-16(18(3,4)5)14(9-21)20(15)17/h6-10H,1-5H3. The van der Waals surface area contributed by atoms with Gasteiger partial charge < -0.3 is 0 Å². The molecule has 1 aromatic carbocycles. The van der Waals surface area contributed by atoms with Crippen molar-refractivity contribution in [3.8, 4) is 11.3 Å². The molecule has 0 saturated carbocycles. The van der Waals surface area contributed by atoms with Crippen LogP contribution in [0.1, 0.15) is 48.1 Å². The van der Waals surface area contributed by atoms with Gasteiger partial charge in [0.1, 0.15) is 5.69 Å². The molecule has 0 aliphatic carbocycles. The zero-order valence-electron chi connectivity index (χ0n) is 13.6. The lowest BCUT2D eigenvalue weighted by Crippen LogP contribution is -2.14. The average Bonchev–Trinajstić information content (AvgIpc) is 2.99. The number of benzene rings is 1. The van der Waals surface area contributed by atoms with Crippen molar-refractivity contribution in [2.45, 2.75) is 40.0 Å². The molecule has 0 aliphatic heterocycles. The van der Waals surface area contributed by atoms with E-state index in [-0.39, 0.29) is 5.41 Å². The van der Waals surface area contributed by atoms with E-state index in [9.17, 15) is 4.79 Å². The molecule has 0 radical (unpaired) electrons. The van der Waals surface area contributed by atoms with E-state index in [1.54, 1.807) is 11.3 Å². The number of hydrogen-bond acceptors (Lipinski definition) is 3. The van der Waals surface area contributed by atoms with E-state index in [4.69, 9.17) is 4.98 Å². The van der Waals surface area contributed by atoms with E-state index in [2.05, 4.69) is 58.2 Å². The SMILES string of the molecule is Cc1ccc(-c2csc3nc(C(C)(C)C)c(C=O)n23)cc1C. The van der Waals surface area contributed by atoms with E-state index >= 15 is 0 Å². The lowest BCUT2D eigenvalue weighted by Gasteiger charge is -2.16. The van der Waals surface area contributed by atoms with Crippen LogP contribution in [-0.4, -0.2) is 15.7 Å². The molecule has 2 aromatic heterocycles. The number of hydrogen-bond donors (Lipinski definition) is 0. The number of aryl methyl sites for hydroxylation is 2. The van der Waals surface area contributed by atoms with Crippen LogP contribution in [0.25, 0.3) is 16.2 Å². The Kier molecular flexibility index (Phi) is 3.44. The van der Waals surface area contributed by atoms with Crippen LogP contribution >= 0.6 is 11.3 Å². The number of aldehydes is 1. The van der Waals surface area contributed by atoms with Gasteiger partial charge in [0.15, 0.2) is 11.2 Å². The van der Waals surface area contributed by atoms with Gasteiger partial charge in [0.2, 0.25) is 0 Å². The first-order chi connectivity index (χ1) is 10.3. The highest BCUT2D eigenvalue weighted by Crippen LogP contribution is 2.33. The fourth-order valence-corrected chi connectivity index (χ4v) is 3.55. The number of carbonyl (C=O) groups excluding carboxylic acids is 1. The maximum absolute atomic E-state index is 11.7. The second-order valence-corrected chi connectivity index (χ2v) is 7.59. The van der Waals surface area contributed by atoms with Crippen molar-refractivity contribution < 1.29 is 4.79 Å². The highest BCUT2D eigenvalue weighted by atomic mass is 32.1. The number of carbonyl (C=O) groups is 1. The van der Waals surface area contributed by atoms with Crippen LogP contribution in [0, 0.1) is 13.8 Å². The molecule has 114 valence electrons. The molecule has 0 spiro atoms. The summed E-state index contributed by atoms with van der Waals surface area (Å²) in [6.07, 6.45) is 0.928. The summed E-state index contributed by atoms with van der Waals surface area (Å²) in [6, 6.07) is 6.40. The molecule has 0 N–H and O–H groups in total. The van der Waals surface area contributed by atoms with Gasteiger partial charge in [-0.15, -0.1) is 11.3 Å². The van der Waals surface area contributed by atoms with Gasteiger partial charge in [0.25, 0.3) is 0 Å². The summed E-state index contributed by atoms with van der Waals surface area (Å²) in [5.41, 5.74) is 6.05. The Bertz CT molecular complexity index is 865. The first-order valence-corrected chi connectivity index (χ1v) is 8.24. The molecule has 2 heterocycles. The van der Waals surface area contributed by atoms with Crippen molar-refractivity contribution >= 4 is 22.6 Å². The maximum atomic E-state index is 11.7. The van der Waals surface area contributed by atoms with Gasteiger partial charge in [-0.25, -0.2) is 4.98 Å². The molecule has 0 saturated heterocycles. The Morgan fingerprint density at radius 1 is 1.18 bits per heavy atom. The predicted octanol–water partition coefficient (Wildman–Crippen LogP) is 4.79. The summed E-state index contributed by atoms with van der Waals surface area (Å²) in [5.74, 6) is 0. The normalized spacial score (nSPS) is 12.0. The minimum absolute atomic E-state index is 0.150. The summed E-state index contributed by atoms with van der Waals surface area (Å²) < 4.78 is 1.99. The topological polar surface area (TPSA) is 34.4 Å². The van der Waals surface area contributed by atoms with Crippen LogP contribution in [0.2, 0.25) is 0 Å². The van der Waals surface area contributed by atoms with Crippen molar-refractivity contribution in [2.75, 3.05) is 0 Å². The third kappa shape index (κ3) is 2.28. The number of imidazole rings is 1. The molecule has 0 unspecified atom stereocenters. The van der Waals surface area contributed by atoms with Crippen molar-refractivity contribution in [3.05, 3.63) is 46.1 Å². The summed E-state index contributed by atoms with van der Waals surface area (Å²) in [7, 11) is 0. The maximum Gasteiger partial charge on any atom is 0.195 e. The van der Waals surface area contributed by atoms with E-state index in [1.165, 1.54) is 11.1 Å². The van der Waals surface area contributed by atoms with Gasteiger partial charge in [-0.05, 0) is 36.6 Å². The van der Waals surface area contributed by atoms with Gasteiger partial charge in [-0.2, -0.15) is 0 Å². The fourth-order valence-electron chi connectivity index (χ4n) is 2.64. The summed E-state index contributed by atoms with van der Waals surface area (Å²) >= 11 is 1.58. The van der Waals surface area contributed by atoms with Crippen molar-refractivity contribution in [1.82, 2.24) is 9.38 Å². The number of thiazole rings is 1. The monoisotopic (exact) mass is 312 g/mol. The van der Waals surface area contributed by atoms with Crippen LogP contribution in [0.3, 0.4) is 0 Å². The van der Waals surface area contributed by atoms with Gasteiger partial charge >= 0.3 is 0 Å². The van der Waals surface area contributed by atoms with Crippen molar-refractivity contribution in [3.63, 3.8) is 0 Å². The van der Waals surface area contributed by atoms with Crippen molar-refractivity contribution in [1.29, 1.82) is 0 Å². The largest absolute Gasteiger partial charge is 0.296 e. The van der Waals surface area contributed by atoms with Crippen LogP contribution in [-0.2, 0) is 5.41 Å². The lowest BCUT2D eigenvalue weighted by molar-refractivity contribution is 0.111. The van der Waals surface area contributed by atoms with Crippen LogP contribution in [0.4, 0.5) is 0 Å². The molecule has 4 heteroatoms. The smallest absolute Gasteiger partial charge is 0.195 e. The van der Waals surface area contributed by atoms with Gasteiger partial charge in [-0.1, -0.05) is 32.9 Å². The van der Waals surface area contributed by atoms with E-state index in [0.717, 1.165) is 28.2 Å². The molecule has 3 nitrogen and oxygen atoms in total. The first kappa shape index (κ1) is 15.0. The zero-order chi connectivity index (χ0) is 16.1. The molecule has 3 aromatic rings. The van der Waals surface area contributed by atoms with E-state index in [0.29, 0.717) is 5.69 Å². The van der Waals surface area contributed by atoms with Gasteiger partial charge in [0, 0.05) is 10.8 Å². The summed E-state index contributed by atoms with van der Waals surface area (Å²) in [4.78, 5) is 17.3. The third-order valence-electron chi connectivity index (χ3n) is 4.02. The molecule has 0 atom stereocenters. The fraction of sp³-hybridized carbons (Fsp3) is 0.333. The Labute approximate surface area is 134 Å². The number of fused-ring (bicyclic) bond motifs is 1. The molecular weight excluding hydrogens is 292 g/mol. The van der Waals surface area contributed by atoms with Crippen LogP contribution in [0.15, 0.2) is 23.6 Å². The highest BCUT2D eigenvalue weighted by molar-refractivity contribution is 7.15. The molecule has 0 amide bonds. The summed E-state index contributed by atoms with van der Waals surface area (Å²) in [5, 5.41) is 2.08. The predicted molar refractivity (Wildman–Crippen MR) is 92.1 cm³/mol. The average molecular weight is 312 g/mol. The lowest BCUT2D eigenvalue weighted by atomic mass is 9.91. The van der Waals surface area contributed by atoms with Crippen molar-refractivity contribution in [2.24, 2.45) is 0 Å². The van der Waals surface area contributed by atoms with E-state index < -0.39 is 0 Å². The van der Waals surface area contributed by atoms with E-state index in [1.807, 2.05) is 4.40 Å². The number of rotatable bonds is 2. The molecule has 22 heavy (non-hydrogen) atoms. The highest BCUT2D eigenvalue weighted by Gasteiger charge is 2.25. The minimum Gasteiger partial charge on any atom is -0.296 e. The van der Waals surface area contributed by atoms with Gasteiger partial charge in [-0.3, -0.25) is 9.20 Å². The Balaban J connectivity index is 2.29. The molecule has 0 fully saturated rings.